The first kappa shape index (κ1) is 24.6. The maximum atomic E-state index is 13.1. The number of esters is 1. The molecule has 0 saturated carbocycles. The lowest BCUT2D eigenvalue weighted by atomic mass is 9.74. The molecule has 0 aromatic rings. The molecule has 0 saturated heterocycles. The molecule has 0 aromatic carbocycles. The van der Waals surface area contributed by atoms with Crippen LogP contribution in [0, 0.1) is 11.3 Å². The third-order valence-electron chi connectivity index (χ3n) is 3.75. The Bertz CT molecular complexity index is 428. The SMILES string of the molecule is CCC(CC(CC(I)COC(C)=O)C(F)(F)F)(C(F)(F)F)C(F)(F)F. The number of halogens is 10. The van der Waals surface area contributed by atoms with E-state index in [-0.39, 0.29) is 0 Å². The van der Waals surface area contributed by atoms with Crippen molar-refractivity contribution in [2.45, 2.75) is 55.6 Å². The fourth-order valence-corrected chi connectivity index (χ4v) is 3.07. The summed E-state index contributed by atoms with van der Waals surface area (Å²) in [7, 11) is 0. The van der Waals surface area contributed by atoms with Gasteiger partial charge in [0.1, 0.15) is 6.61 Å². The number of carbonyl (C=O) groups excluding carboxylic acids is 1. The molecule has 0 radical (unpaired) electrons. The highest BCUT2D eigenvalue weighted by Gasteiger charge is 2.70. The van der Waals surface area contributed by atoms with Crippen LogP contribution in [-0.2, 0) is 9.53 Å². The Balaban J connectivity index is 5.64. The van der Waals surface area contributed by atoms with Crippen LogP contribution in [0.2, 0.25) is 0 Å². The lowest BCUT2D eigenvalue weighted by molar-refractivity contribution is -0.353. The minimum atomic E-state index is -5.89. The molecule has 2 unspecified atom stereocenters. The maximum Gasteiger partial charge on any atom is 0.403 e. The van der Waals surface area contributed by atoms with E-state index < -0.39 is 65.6 Å². The molecule has 25 heavy (non-hydrogen) atoms. The van der Waals surface area contributed by atoms with Gasteiger partial charge < -0.3 is 4.74 Å². The van der Waals surface area contributed by atoms with E-state index in [4.69, 9.17) is 0 Å². The zero-order valence-electron chi connectivity index (χ0n) is 13.1. The highest BCUT2D eigenvalue weighted by atomic mass is 127. The van der Waals surface area contributed by atoms with Crippen LogP contribution in [0.3, 0.4) is 0 Å². The Morgan fingerprint density at radius 1 is 1.00 bits per heavy atom. The van der Waals surface area contributed by atoms with Crippen molar-refractivity contribution in [2.75, 3.05) is 6.61 Å². The summed E-state index contributed by atoms with van der Waals surface area (Å²) in [5.74, 6) is -3.67. The third-order valence-corrected chi connectivity index (χ3v) is 4.62. The summed E-state index contributed by atoms with van der Waals surface area (Å²) < 4.78 is 121. The molecule has 0 aliphatic rings. The molecule has 0 fully saturated rings. The van der Waals surface area contributed by atoms with Gasteiger partial charge in [-0.1, -0.05) is 29.5 Å². The van der Waals surface area contributed by atoms with E-state index in [0.717, 1.165) is 6.92 Å². The molecule has 0 spiro atoms. The monoisotopic (exact) mass is 502 g/mol. The molecular weight excluding hydrogens is 486 g/mol. The smallest absolute Gasteiger partial charge is 0.403 e. The number of alkyl halides is 10. The van der Waals surface area contributed by atoms with Gasteiger partial charge in [-0.25, -0.2) is 0 Å². The molecule has 0 aliphatic carbocycles. The Kier molecular flexibility index (Phi) is 8.36. The summed E-state index contributed by atoms with van der Waals surface area (Å²) in [6, 6.07) is 0. The Hall–Kier alpha value is -0.430. The van der Waals surface area contributed by atoms with E-state index in [9.17, 15) is 44.3 Å². The van der Waals surface area contributed by atoms with Crippen molar-refractivity contribution in [3.63, 3.8) is 0 Å². The van der Waals surface area contributed by atoms with Crippen LogP contribution in [0.4, 0.5) is 39.5 Å². The number of hydrogen-bond donors (Lipinski definition) is 0. The predicted octanol–water partition coefficient (Wildman–Crippen LogP) is 5.83. The van der Waals surface area contributed by atoms with Crippen LogP contribution >= 0.6 is 22.6 Å². The summed E-state index contributed by atoms with van der Waals surface area (Å²) >= 11 is 1.40. The second-order valence-corrected chi connectivity index (χ2v) is 7.27. The van der Waals surface area contributed by atoms with Gasteiger partial charge in [-0.15, -0.1) is 0 Å². The van der Waals surface area contributed by atoms with Gasteiger partial charge in [-0.3, -0.25) is 4.79 Å². The van der Waals surface area contributed by atoms with Crippen molar-refractivity contribution < 1.29 is 49.0 Å². The number of hydrogen-bond acceptors (Lipinski definition) is 2. The summed E-state index contributed by atoms with van der Waals surface area (Å²) in [5, 5.41) is 0. The first-order valence-electron chi connectivity index (χ1n) is 6.95. The van der Waals surface area contributed by atoms with E-state index in [1.54, 1.807) is 0 Å². The Morgan fingerprint density at radius 3 is 1.72 bits per heavy atom. The molecule has 2 nitrogen and oxygen atoms in total. The van der Waals surface area contributed by atoms with E-state index in [0.29, 0.717) is 6.92 Å². The van der Waals surface area contributed by atoms with Crippen LogP contribution in [0.1, 0.15) is 33.1 Å². The topological polar surface area (TPSA) is 26.3 Å². The van der Waals surface area contributed by atoms with Gasteiger partial charge in [0, 0.05) is 10.8 Å². The maximum absolute atomic E-state index is 13.1. The third kappa shape index (κ3) is 6.66. The van der Waals surface area contributed by atoms with Crippen molar-refractivity contribution in [1.82, 2.24) is 0 Å². The van der Waals surface area contributed by atoms with Gasteiger partial charge in [-0.05, 0) is 19.3 Å². The van der Waals surface area contributed by atoms with Gasteiger partial charge in [0.15, 0.2) is 5.41 Å². The fraction of sp³-hybridized carbons (Fsp3) is 0.923. The lowest BCUT2D eigenvalue weighted by Crippen LogP contribution is -2.52. The molecule has 0 bridgehead atoms. The second-order valence-electron chi connectivity index (χ2n) is 5.51. The van der Waals surface area contributed by atoms with Crippen molar-refractivity contribution in [1.29, 1.82) is 0 Å². The van der Waals surface area contributed by atoms with Crippen LogP contribution in [0.25, 0.3) is 0 Å². The lowest BCUT2D eigenvalue weighted by Gasteiger charge is -2.39. The molecule has 0 aromatic heterocycles. The van der Waals surface area contributed by atoms with Crippen molar-refractivity contribution >= 4 is 28.6 Å². The van der Waals surface area contributed by atoms with Crippen molar-refractivity contribution in [3.8, 4) is 0 Å². The normalized spacial score (nSPS) is 16.5. The predicted molar refractivity (Wildman–Crippen MR) is 78.1 cm³/mol. The number of rotatable bonds is 7. The molecule has 0 amide bonds. The average molecular weight is 502 g/mol. The van der Waals surface area contributed by atoms with Gasteiger partial charge >= 0.3 is 24.5 Å². The van der Waals surface area contributed by atoms with Gasteiger partial charge in [0.2, 0.25) is 0 Å². The van der Waals surface area contributed by atoms with Gasteiger partial charge in [0.25, 0.3) is 0 Å². The van der Waals surface area contributed by atoms with Crippen molar-refractivity contribution in [3.05, 3.63) is 0 Å². The zero-order chi connectivity index (χ0) is 20.3. The highest BCUT2D eigenvalue weighted by Crippen LogP contribution is 2.58. The first-order valence-corrected chi connectivity index (χ1v) is 8.20. The average Bonchev–Trinajstić information content (AvgIpc) is 2.36. The van der Waals surface area contributed by atoms with E-state index in [2.05, 4.69) is 4.74 Å². The minimum absolute atomic E-state index is 0.542. The highest BCUT2D eigenvalue weighted by molar-refractivity contribution is 14.1. The van der Waals surface area contributed by atoms with Crippen LogP contribution in [0.5, 0.6) is 0 Å². The number of ether oxygens (including phenoxy) is 1. The summed E-state index contributed by atoms with van der Waals surface area (Å²) in [4.78, 5) is 10.6. The molecular formula is C13H16F9IO2. The summed E-state index contributed by atoms with van der Waals surface area (Å²) in [5.41, 5.74) is -4.46. The molecule has 150 valence electrons. The second kappa shape index (κ2) is 8.51. The Labute approximate surface area is 151 Å². The first-order chi connectivity index (χ1) is 11.0. The molecule has 0 N–H and O–H groups in total. The van der Waals surface area contributed by atoms with Gasteiger partial charge in [0.05, 0.1) is 5.92 Å². The number of carbonyl (C=O) groups is 1. The molecule has 12 heteroatoms. The van der Waals surface area contributed by atoms with E-state index in [1.807, 2.05) is 0 Å². The van der Waals surface area contributed by atoms with E-state index >= 15 is 0 Å². The van der Waals surface area contributed by atoms with Gasteiger partial charge in [-0.2, -0.15) is 39.5 Å². The van der Waals surface area contributed by atoms with E-state index in [1.165, 1.54) is 22.6 Å². The summed E-state index contributed by atoms with van der Waals surface area (Å²) in [6.45, 7) is 0.981. The quantitative estimate of drug-likeness (QED) is 0.190. The summed E-state index contributed by atoms with van der Waals surface area (Å²) in [6.07, 6.45) is -21.8. The largest absolute Gasteiger partial charge is 0.465 e. The van der Waals surface area contributed by atoms with Crippen LogP contribution < -0.4 is 0 Å². The molecule has 0 rings (SSSR count). The van der Waals surface area contributed by atoms with Crippen molar-refractivity contribution in [2.24, 2.45) is 11.3 Å². The standard InChI is InChI=1S/C13H16F9IO2/c1-3-10(12(17,18)19,13(20,21)22)5-8(11(14,15)16)4-9(23)6-25-7(2)24/h8-9H,3-6H2,1-2H3. The van der Waals surface area contributed by atoms with Crippen LogP contribution in [0.15, 0.2) is 0 Å². The zero-order valence-corrected chi connectivity index (χ0v) is 15.2. The molecule has 0 aliphatic heterocycles. The Morgan fingerprint density at radius 2 is 1.44 bits per heavy atom. The molecule has 0 heterocycles. The molecule has 2 atom stereocenters. The fourth-order valence-electron chi connectivity index (χ4n) is 2.28. The van der Waals surface area contributed by atoms with Crippen LogP contribution in [-0.4, -0.2) is 35.0 Å². The minimum Gasteiger partial charge on any atom is -0.465 e.